The summed E-state index contributed by atoms with van der Waals surface area (Å²) < 4.78 is 0. The Morgan fingerprint density at radius 2 is 2.08 bits per heavy atom. The molecule has 0 saturated heterocycles. The van der Waals surface area contributed by atoms with E-state index in [1.54, 1.807) is 0 Å². The van der Waals surface area contributed by atoms with E-state index in [-0.39, 0.29) is 11.6 Å². The van der Waals surface area contributed by atoms with Gasteiger partial charge in [-0.25, -0.2) is 0 Å². The van der Waals surface area contributed by atoms with Crippen molar-refractivity contribution in [3.63, 3.8) is 0 Å². The lowest BCUT2D eigenvalue weighted by Crippen LogP contribution is -2.09. The fourth-order valence-electron chi connectivity index (χ4n) is 1.38. The molecular formula is C10H14O2. The van der Waals surface area contributed by atoms with Gasteiger partial charge in [-0.15, -0.1) is 0 Å². The van der Waals surface area contributed by atoms with Gasteiger partial charge in [0.2, 0.25) is 11.6 Å². The standard InChI is InChI=1S/C10H14O2/c1-7(2)8-3-5-9(11)10(12)6-4-8/h3,5,7-8H,4,6H2,1-2H3. The molecular weight excluding hydrogens is 152 g/mol. The minimum Gasteiger partial charge on any atom is -0.291 e. The van der Waals surface area contributed by atoms with Gasteiger partial charge in [-0.3, -0.25) is 9.59 Å². The van der Waals surface area contributed by atoms with Crippen LogP contribution >= 0.6 is 0 Å². The molecule has 0 saturated carbocycles. The van der Waals surface area contributed by atoms with Crippen LogP contribution in [-0.2, 0) is 9.59 Å². The number of allylic oxidation sites excluding steroid dienone is 2. The molecule has 0 spiro atoms. The van der Waals surface area contributed by atoms with Crippen LogP contribution in [-0.4, -0.2) is 11.6 Å². The topological polar surface area (TPSA) is 34.1 Å². The zero-order valence-electron chi connectivity index (χ0n) is 7.54. The van der Waals surface area contributed by atoms with Crippen molar-refractivity contribution in [1.29, 1.82) is 0 Å². The Kier molecular flexibility index (Phi) is 2.79. The Bertz CT molecular complexity index is 226. The predicted octanol–water partition coefficient (Wildman–Crippen LogP) is 1.75. The smallest absolute Gasteiger partial charge is 0.221 e. The maximum Gasteiger partial charge on any atom is 0.221 e. The van der Waals surface area contributed by atoms with E-state index in [2.05, 4.69) is 13.8 Å². The second-order valence-corrected chi connectivity index (χ2v) is 3.59. The van der Waals surface area contributed by atoms with Crippen molar-refractivity contribution in [3.05, 3.63) is 12.2 Å². The molecule has 12 heavy (non-hydrogen) atoms. The molecule has 1 unspecified atom stereocenters. The first kappa shape index (κ1) is 9.17. The number of ketones is 2. The molecule has 0 amide bonds. The van der Waals surface area contributed by atoms with Gasteiger partial charge in [-0.2, -0.15) is 0 Å². The van der Waals surface area contributed by atoms with Gasteiger partial charge in [0, 0.05) is 6.42 Å². The van der Waals surface area contributed by atoms with Crippen LogP contribution in [0.5, 0.6) is 0 Å². The van der Waals surface area contributed by atoms with E-state index in [0.29, 0.717) is 18.3 Å². The third kappa shape index (κ3) is 2.03. The fourth-order valence-corrected chi connectivity index (χ4v) is 1.38. The molecule has 1 aliphatic carbocycles. The molecule has 2 nitrogen and oxygen atoms in total. The third-order valence-electron chi connectivity index (χ3n) is 2.33. The lowest BCUT2D eigenvalue weighted by molar-refractivity contribution is -0.133. The van der Waals surface area contributed by atoms with Crippen LogP contribution < -0.4 is 0 Å². The molecule has 1 aliphatic rings. The van der Waals surface area contributed by atoms with Crippen molar-refractivity contribution in [1.82, 2.24) is 0 Å². The summed E-state index contributed by atoms with van der Waals surface area (Å²) in [4.78, 5) is 21.9. The summed E-state index contributed by atoms with van der Waals surface area (Å²) in [5, 5.41) is 0. The summed E-state index contributed by atoms with van der Waals surface area (Å²) in [6, 6.07) is 0. The molecule has 0 heterocycles. The van der Waals surface area contributed by atoms with Gasteiger partial charge in [-0.1, -0.05) is 19.9 Å². The normalized spacial score (nSPS) is 24.8. The summed E-state index contributed by atoms with van der Waals surface area (Å²) in [7, 11) is 0. The second kappa shape index (κ2) is 3.65. The minimum absolute atomic E-state index is 0.241. The average Bonchev–Trinajstić information content (AvgIpc) is 2.16. The van der Waals surface area contributed by atoms with E-state index in [1.807, 2.05) is 6.08 Å². The molecule has 2 heteroatoms. The Morgan fingerprint density at radius 3 is 2.67 bits per heavy atom. The monoisotopic (exact) mass is 166 g/mol. The molecule has 0 N–H and O–H groups in total. The Hall–Kier alpha value is -0.920. The first-order chi connectivity index (χ1) is 5.61. The zero-order valence-corrected chi connectivity index (χ0v) is 7.54. The van der Waals surface area contributed by atoms with Crippen LogP contribution in [0.4, 0.5) is 0 Å². The molecule has 66 valence electrons. The Balaban J connectivity index is 2.70. The van der Waals surface area contributed by atoms with Gasteiger partial charge in [0.1, 0.15) is 0 Å². The summed E-state index contributed by atoms with van der Waals surface area (Å²) >= 11 is 0. The number of rotatable bonds is 1. The van der Waals surface area contributed by atoms with Crippen LogP contribution in [0.1, 0.15) is 26.7 Å². The Morgan fingerprint density at radius 1 is 1.42 bits per heavy atom. The van der Waals surface area contributed by atoms with Crippen molar-refractivity contribution in [3.8, 4) is 0 Å². The van der Waals surface area contributed by atoms with E-state index in [1.165, 1.54) is 6.08 Å². The van der Waals surface area contributed by atoms with Crippen LogP contribution in [0.2, 0.25) is 0 Å². The average molecular weight is 166 g/mol. The maximum atomic E-state index is 11.0. The highest BCUT2D eigenvalue weighted by Crippen LogP contribution is 2.21. The molecule has 0 aliphatic heterocycles. The lowest BCUT2D eigenvalue weighted by atomic mass is 9.92. The highest BCUT2D eigenvalue weighted by atomic mass is 16.2. The van der Waals surface area contributed by atoms with Gasteiger partial charge in [0.15, 0.2) is 0 Å². The molecule has 0 aromatic rings. The molecule has 1 atom stereocenters. The van der Waals surface area contributed by atoms with E-state index < -0.39 is 0 Å². The van der Waals surface area contributed by atoms with Crippen molar-refractivity contribution in [2.24, 2.45) is 11.8 Å². The highest BCUT2D eigenvalue weighted by Gasteiger charge is 2.19. The minimum atomic E-state index is -0.335. The van der Waals surface area contributed by atoms with Crippen molar-refractivity contribution in [2.75, 3.05) is 0 Å². The van der Waals surface area contributed by atoms with Crippen molar-refractivity contribution in [2.45, 2.75) is 26.7 Å². The van der Waals surface area contributed by atoms with Crippen molar-refractivity contribution < 1.29 is 9.59 Å². The lowest BCUT2D eigenvalue weighted by Gasteiger charge is -2.13. The van der Waals surface area contributed by atoms with Crippen molar-refractivity contribution >= 4 is 11.6 Å². The number of carbonyl (C=O) groups is 2. The summed E-state index contributed by atoms with van der Waals surface area (Å²) in [6.07, 6.45) is 4.53. The first-order valence-electron chi connectivity index (χ1n) is 4.36. The molecule has 0 radical (unpaired) electrons. The van der Waals surface area contributed by atoms with E-state index in [9.17, 15) is 9.59 Å². The molecule has 0 aromatic carbocycles. The van der Waals surface area contributed by atoms with Gasteiger partial charge < -0.3 is 0 Å². The van der Waals surface area contributed by atoms with Crippen LogP contribution in [0.25, 0.3) is 0 Å². The molecule has 0 fully saturated rings. The van der Waals surface area contributed by atoms with Gasteiger partial charge in [0.25, 0.3) is 0 Å². The largest absolute Gasteiger partial charge is 0.291 e. The third-order valence-corrected chi connectivity index (χ3v) is 2.33. The van der Waals surface area contributed by atoms with Crippen LogP contribution in [0.15, 0.2) is 12.2 Å². The van der Waals surface area contributed by atoms with Crippen LogP contribution in [0, 0.1) is 11.8 Å². The number of Topliss-reactive ketones (excluding diaryl/α,β-unsaturated/α-hetero) is 1. The maximum absolute atomic E-state index is 11.0. The van der Waals surface area contributed by atoms with Gasteiger partial charge in [0.05, 0.1) is 0 Å². The zero-order chi connectivity index (χ0) is 9.14. The van der Waals surface area contributed by atoms with Crippen LogP contribution in [0.3, 0.4) is 0 Å². The first-order valence-corrected chi connectivity index (χ1v) is 4.36. The van der Waals surface area contributed by atoms with E-state index in [4.69, 9.17) is 0 Å². The highest BCUT2D eigenvalue weighted by molar-refractivity contribution is 6.41. The van der Waals surface area contributed by atoms with E-state index >= 15 is 0 Å². The van der Waals surface area contributed by atoms with Gasteiger partial charge >= 0.3 is 0 Å². The quantitative estimate of drug-likeness (QED) is 0.556. The van der Waals surface area contributed by atoms with Gasteiger partial charge in [-0.05, 0) is 24.3 Å². The molecule has 0 bridgehead atoms. The predicted molar refractivity (Wildman–Crippen MR) is 46.7 cm³/mol. The second-order valence-electron chi connectivity index (χ2n) is 3.59. The number of carbonyl (C=O) groups excluding carboxylic acids is 2. The summed E-state index contributed by atoms with van der Waals surface area (Å²) in [6.45, 7) is 4.21. The van der Waals surface area contributed by atoms with E-state index in [0.717, 1.165) is 6.42 Å². The summed E-state index contributed by atoms with van der Waals surface area (Å²) in [5.41, 5.74) is 0. The SMILES string of the molecule is CC(C)C1C=CC(=O)C(=O)CC1. The Labute approximate surface area is 72.7 Å². The number of hydrogen-bond donors (Lipinski definition) is 0. The number of hydrogen-bond acceptors (Lipinski definition) is 2. The molecule has 1 rings (SSSR count). The summed E-state index contributed by atoms with van der Waals surface area (Å²) in [5.74, 6) is 0.327. The molecule has 0 aromatic heterocycles. The fraction of sp³-hybridized carbons (Fsp3) is 0.600.